The summed E-state index contributed by atoms with van der Waals surface area (Å²) in [5, 5.41) is 11.3. The van der Waals surface area contributed by atoms with Crippen molar-refractivity contribution in [2.24, 2.45) is 0 Å². The van der Waals surface area contributed by atoms with Crippen molar-refractivity contribution in [2.75, 3.05) is 25.3 Å². The smallest absolute Gasteiger partial charge is 0.231 e. The van der Waals surface area contributed by atoms with Gasteiger partial charge in [0.2, 0.25) is 6.79 Å². The van der Waals surface area contributed by atoms with Gasteiger partial charge in [-0.3, -0.25) is 0 Å². The Kier molecular flexibility index (Phi) is 4.15. The summed E-state index contributed by atoms with van der Waals surface area (Å²) in [6, 6.07) is 8.77. The lowest BCUT2D eigenvalue weighted by atomic mass is 10.2. The number of anilines is 1. The van der Waals surface area contributed by atoms with Gasteiger partial charge in [-0.2, -0.15) is 5.26 Å². The summed E-state index contributed by atoms with van der Waals surface area (Å²) in [5.41, 5.74) is -0.347. The van der Waals surface area contributed by atoms with E-state index in [4.69, 9.17) is 19.5 Å². The molecule has 118 valence electrons. The molecule has 0 saturated heterocycles. The molecule has 0 fully saturated rings. The molecule has 0 aliphatic carbocycles. The molecule has 2 aromatic rings. The third-order valence-corrected chi connectivity index (χ3v) is 3.19. The van der Waals surface area contributed by atoms with Gasteiger partial charge in [0.15, 0.2) is 23.1 Å². The van der Waals surface area contributed by atoms with Crippen LogP contribution in [0.2, 0.25) is 0 Å². The van der Waals surface area contributed by atoms with Crippen LogP contribution >= 0.6 is 0 Å². The first-order valence-electron chi connectivity index (χ1n) is 6.83. The lowest BCUT2D eigenvalue weighted by Gasteiger charge is -2.10. The molecular weight excluding hydrogens is 306 g/mol. The fraction of sp³-hybridized carbons (Fsp3) is 0.188. The maximum atomic E-state index is 13.7. The molecule has 0 aromatic heterocycles. The number of ether oxygens (including phenoxy) is 3. The predicted molar refractivity (Wildman–Crippen MR) is 77.6 cm³/mol. The normalized spacial score (nSPS) is 11.9. The molecule has 0 saturated carbocycles. The van der Waals surface area contributed by atoms with Gasteiger partial charge in [-0.1, -0.05) is 0 Å². The molecule has 0 spiro atoms. The van der Waals surface area contributed by atoms with Crippen LogP contribution in [0.5, 0.6) is 17.2 Å². The number of fused-ring (bicyclic) bond motifs is 1. The Labute approximate surface area is 131 Å². The van der Waals surface area contributed by atoms with Crippen molar-refractivity contribution in [3.05, 3.63) is 47.5 Å². The van der Waals surface area contributed by atoms with Gasteiger partial charge in [0.25, 0.3) is 0 Å². The standard InChI is InChI=1S/C16H12F2N2O3/c17-12-5-10(8-19)6-13(18)16(12)20-3-4-21-11-1-2-14-15(7-11)23-9-22-14/h1-2,5-7,20H,3-4,9H2. The average molecular weight is 318 g/mol. The minimum atomic E-state index is -0.815. The van der Waals surface area contributed by atoms with E-state index in [0.717, 1.165) is 12.1 Å². The predicted octanol–water partition coefficient (Wildman–Crippen LogP) is 3.06. The lowest BCUT2D eigenvalue weighted by molar-refractivity contribution is 0.174. The van der Waals surface area contributed by atoms with Gasteiger partial charge in [-0.15, -0.1) is 0 Å². The molecule has 5 nitrogen and oxygen atoms in total. The molecule has 23 heavy (non-hydrogen) atoms. The van der Waals surface area contributed by atoms with E-state index in [0.29, 0.717) is 17.2 Å². The van der Waals surface area contributed by atoms with E-state index in [1.165, 1.54) is 0 Å². The minimum Gasteiger partial charge on any atom is -0.492 e. The van der Waals surface area contributed by atoms with Crippen LogP contribution in [-0.4, -0.2) is 19.9 Å². The lowest BCUT2D eigenvalue weighted by Crippen LogP contribution is -2.13. The first-order chi connectivity index (χ1) is 11.2. The molecule has 0 bridgehead atoms. The molecule has 1 aliphatic heterocycles. The van der Waals surface area contributed by atoms with Crippen LogP contribution in [-0.2, 0) is 0 Å². The second-order valence-electron chi connectivity index (χ2n) is 4.72. The zero-order valence-electron chi connectivity index (χ0n) is 11.9. The van der Waals surface area contributed by atoms with Crippen molar-refractivity contribution < 1.29 is 23.0 Å². The second-order valence-corrected chi connectivity index (χ2v) is 4.72. The number of halogens is 2. The Morgan fingerprint density at radius 2 is 1.87 bits per heavy atom. The fourth-order valence-electron chi connectivity index (χ4n) is 2.12. The number of nitrogens with zero attached hydrogens (tertiary/aromatic N) is 1. The van der Waals surface area contributed by atoms with Gasteiger partial charge < -0.3 is 19.5 Å². The van der Waals surface area contributed by atoms with Crippen LogP contribution in [0, 0.1) is 23.0 Å². The van der Waals surface area contributed by atoms with Crippen LogP contribution < -0.4 is 19.5 Å². The molecule has 1 heterocycles. The molecule has 0 amide bonds. The maximum absolute atomic E-state index is 13.7. The Bertz CT molecular complexity index is 751. The van der Waals surface area contributed by atoms with Crippen LogP contribution in [0.25, 0.3) is 0 Å². The zero-order valence-corrected chi connectivity index (χ0v) is 11.9. The summed E-state index contributed by atoms with van der Waals surface area (Å²) in [4.78, 5) is 0. The van der Waals surface area contributed by atoms with Gasteiger partial charge >= 0.3 is 0 Å². The molecule has 7 heteroatoms. The van der Waals surface area contributed by atoms with Crippen molar-refractivity contribution >= 4 is 5.69 Å². The van der Waals surface area contributed by atoms with E-state index in [2.05, 4.69) is 5.32 Å². The summed E-state index contributed by atoms with van der Waals surface area (Å²) in [6.07, 6.45) is 0. The van der Waals surface area contributed by atoms with Crippen LogP contribution in [0.4, 0.5) is 14.5 Å². The third-order valence-electron chi connectivity index (χ3n) is 3.19. The summed E-state index contributed by atoms with van der Waals surface area (Å²) >= 11 is 0. The fourth-order valence-corrected chi connectivity index (χ4v) is 2.12. The van der Waals surface area contributed by atoms with E-state index in [1.54, 1.807) is 24.3 Å². The van der Waals surface area contributed by atoms with E-state index >= 15 is 0 Å². The Morgan fingerprint density at radius 3 is 2.61 bits per heavy atom. The monoisotopic (exact) mass is 318 g/mol. The van der Waals surface area contributed by atoms with Gasteiger partial charge in [0.05, 0.1) is 11.6 Å². The van der Waals surface area contributed by atoms with Crippen molar-refractivity contribution in [3.63, 3.8) is 0 Å². The summed E-state index contributed by atoms with van der Waals surface area (Å²) in [7, 11) is 0. The first-order valence-corrected chi connectivity index (χ1v) is 6.83. The van der Waals surface area contributed by atoms with E-state index < -0.39 is 11.6 Å². The van der Waals surface area contributed by atoms with E-state index in [-0.39, 0.29) is 31.2 Å². The quantitative estimate of drug-likeness (QED) is 0.859. The molecule has 0 radical (unpaired) electrons. The topological polar surface area (TPSA) is 63.5 Å². The van der Waals surface area contributed by atoms with Gasteiger partial charge in [-0.05, 0) is 24.3 Å². The molecular formula is C16H12F2N2O3. The van der Waals surface area contributed by atoms with Gasteiger partial charge in [-0.25, -0.2) is 8.78 Å². The Morgan fingerprint density at radius 1 is 1.13 bits per heavy atom. The highest BCUT2D eigenvalue weighted by Crippen LogP contribution is 2.35. The highest BCUT2D eigenvalue weighted by molar-refractivity contribution is 5.50. The Hall–Kier alpha value is -3.01. The number of nitriles is 1. The summed E-state index contributed by atoms with van der Waals surface area (Å²) < 4.78 is 43.2. The number of rotatable bonds is 5. The summed E-state index contributed by atoms with van der Waals surface area (Å²) in [6.45, 7) is 0.560. The molecule has 0 atom stereocenters. The first kappa shape index (κ1) is 14.9. The van der Waals surface area contributed by atoms with Crippen molar-refractivity contribution in [3.8, 4) is 23.3 Å². The highest BCUT2D eigenvalue weighted by Gasteiger charge is 2.14. The van der Waals surface area contributed by atoms with Gasteiger partial charge in [0, 0.05) is 12.6 Å². The third kappa shape index (κ3) is 3.26. The van der Waals surface area contributed by atoms with Crippen molar-refractivity contribution in [2.45, 2.75) is 0 Å². The van der Waals surface area contributed by atoms with E-state index in [1.807, 2.05) is 0 Å². The second kappa shape index (κ2) is 6.40. The molecule has 1 aliphatic rings. The highest BCUT2D eigenvalue weighted by atomic mass is 19.1. The molecule has 1 N–H and O–H groups in total. The Balaban J connectivity index is 1.55. The average Bonchev–Trinajstić information content (AvgIpc) is 3.00. The summed E-state index contributed by atoms with van der Waals surface area (Å²) in [5.74, 6) is 0.183. The zero-order chi connectivity index (χ0) is 16.2. The molecule has 3 rings (SSSR count). The number of benzene rings is 2. The number of hydrogen-bond acceptors (Lipinski definition) is 5. The van der Waals surface area contributed by atoms with Crippen LogP contribution in [0.15, 0.2) is 30.3 Å². The van der Waals surface area contributed by atoms with Crippen LogP contribution in [0.3, 0.4) is 0 Å². The molecule has 2 aromatic carbocycles. The van der Waals surface area contributed by atoms with Crippen LogP contribution in [0.1, 0.15) is 5.56 Å². The van der Waals surface area contributed by atoms with Gasteiger partial charge in [0.1, 0.15) is 18.0 Å². The minimum absolute atomic E-state index is 0.0674. The molecule has 0 unspecified atom stereocenters. The number of nitrogens with one attached hydrogen (secondary N) is 1. The van der Waals surface area contributed by atoms with Crippen molar-refractivity contribution in [1.82, 2.24) is 0 Å². The largest absolute Gasteiger partial charge is 0.492 e. The van der Waals surface area contributed by atoms with E-state index in [9.17, 15) is 8.78 Å². The SMILES string of the molecule is N#Cc1cc(F)c(NCCOc2ccc3c(c2)OCO3)c(F)c1. The number of hydrogen-bond donors (Lipinski definition) is 1. The maximum Gasteiger partial charge on any atom is 0.231 e. The van der Waals surface area contributed by atoms with Crippen molar-refractivity contribution in [1.29, 1.82) is 5.26 Å².